The van der Waals surface area contributed by atoms with E-state index in [4.69, 9.17) is 0 Å². The summed E-state index contributed by atoms with van der Waals surface area (Å²) in [7, 11) is 2.07. The lowest BCUT2D eigenvalue weighted by Crippen LogP contribution is -2.10. The summed E-state index contributed by atoms with van der Waals surface area (Å²) < 4.78 is 2.15. The molecule has 2 heteroatoms. The van der Waals surface area contributed by atoms with Crippen LogP contribution in [0.25, 0.3) is 10.9 Å². The van der Waals surface area contributed by atoms with Crippen molar-refractivity contribution in [3.63, 3.8) is 0 Å². The summed E-state index contributed by atoms with van der Waals surface area (Å²) in [4.78, 5) is 11.5. The molecule has 0 radical (unpaired) electrons. The van der Waals surface area contributed by atoms with Crippen LogP contribution in [0, 0.1) is 5.92 Å². The second-order valence-corrected chi connectivity index (χ2v) is 5.47. The Morgan fingerprint density at radius 2 is 1.94 bits per heavy atom. The number of nitrogens with zero attached hydrogens (tertiary/aromatic N) is 1. The maximum absolute atomic E-state index is 11.5. The molecule has 1 unspecified atom stereocenters. The molecular weight excluding hydrogens is 222 g/mol. The lowest BCUT2D eigenvalue weighted by atomic mass is 9.84. The number of carbonyl (C=O) groups excluding carboxylic acids is 1. The van der Waals surface area contributed by atoms with E-state index in [1.54, 1.807) is 6.92 Å². The molecule has 1 heterocycles. The predicted octanol–water partition coefficient (Wildman–Crippen LogP) is 3.90. The van der Waals surface area contributed by atoms with Crippen molar-refractivity contribution < 1.29 is 4.79 Å². The first-order valence-electron chi connectivity index (χ1n) is 6.54. The number of para-hydroxylation sites is 1. The van der Waals surface area contributed by atoms with E-state index in [0.717, 1.165) is 0 Å². The van der Waals surface area contributed by atoms with E-state index < -0.39 is 0 Å². The normalized spacial score (nSPS) is 13.2. The van der Waals surface area contributed by atoms with E-state index in [9.17, 15) is 4.79 Å². The molecule has 2 aromatic rings. The monoisotopic (exact) mass is 243 g/mol. The van der Waals surface area contributed by atoms with Crippen LogP contribution in [0.1, 0.15) is 38.7 Å². The highest BCUT2D eigenvalue weighted by molar-refractivity contribution is 5.85. The minimum Gasteiger partial charge on any atom is -0.350 e. The Kier molecular flexibility index (Phi) is 3.55. The van der Waals surface area contributed by atoms with Gasteiger partial charge in [-0.1, -0.05) is 32.0 Å². The minimum absolute atomic E-state index is 0.265. The van der Waals surface area contributed by atoms with E-state index in [0.29, 0.717) is 18.3 Å². The molecule has 0 aliphatic carbocycles. The molecule has 0 saturated carbocycles. The third-order valence-electron chi connectivity index (χ3n) is 3.64. The fraction of sp³-hybridized carbons (Fsp3) is 0.438. The number of benzene rings is 1. The summed E-state index contributed by atoms with van der Waals surface area (Å²) in [6.07, 6.45) is 2.81. The Hall–Kier alpha value is -1.57. The summed E-state index contributed by atoms with van der Waals surface area (Å²) in [6.45, 7) is 6.06. The Balaban J connectivity index is 2.54. The second kappa shape index (κ2) is 4.97. The van der Waals surface area contributed by atoms with Gasteiger partial charge in [-0.05, 0) is 30.4 Å². The third-order valence-corrected chi connectivity index (χ3v) is 3.64. The Morgan fingerprint density at radius 3 is 2.56 bits per heavy atom. The van der Waals surface area contributed by atoms with Gasteiger partial charge in [0.2, 0.25) is 0 Å². The van der Waals surface area contributed by atoms with Crippen LogP contribution in [0.15, 0.2) is 30.5 Å². The van der Waals surface area contributed by atoms with E-state index in [2.05, 4.69) is 55.9 Å². The third kappa shape index (κ3) is 2.33. The molecule has 0 fully saturated rings. The zero-order chi connectivity index (χ0) is 13.3. The Morgan fingerprint density at radius 1 is 1.28 bits per heavy atom. The van der Waals surface area contributed by atoms with Gasteiger partial charge < -0.3 is 9.36 Å². The van der Waals surface area contributed by atoms with Crippen molar-refractivity contribution in [2.24, 2.45) is 13.0 Å². The number of hydrogen-bond acceptors (Lipinski definition) is 1. The van der Waals surface area contributed by atoms with Crippen molar-refractivity contribution in [2.45, 2.75) is 33.1 Å². The Labute approximate surface area is 109 Å². The van der Waals surface area contributed by atoms with Gasteiger partial charge in [0.1, 0.15) is 5.78 Å². The van der Waals surface area contributed by atoms with Crippen LogP contribution in [-0.2, 0) is 11.8 Å². The molecule has 18 heavy (non-hydrogen) atoms. The van der Waals surface area contributed by atoms with Gasteiger partial charge in [0.15, 0.2) is 0 Å². The standard InChI is InChI=1S/C16H21NO/c1-11(2)14(9-12(3)18)15-10-17(4)16-8-6-5-7-13(15)16/h5-8,10-11,14H,9H2,1-4H3. The first-order chi connectivity index (χ1) is 8.50. The van der Waals surface area contributed by atoms with Gasteiger partial charge in [-0.3, -0.25) is 0 Å². The molecule has 2 nitrogen and oxygen atoms in total. The highest BCUT2D eigenvalue weighted by Crippen LogP contribution is 2.34. The molecule has 1 aromatic heterocycles. The fourth-order valence-corrected chi connectivity index (χ4v) is 2.68. The van der Waals surface area contributed by atoms with Gasteiger partial charge >= 0.3 is 0 Å². The highest BCUT2D eigenvalue weighted by Gasteiger charge is 2.21. The number of aryl methyl sites for hydroxylation is 1. The second-order valence-electron chi connectivity index (χ2n) is 5.47. The van der Waals surface area contributed by atoms with Crippen molar-refractivity contribution in [3.05, 3.63) is 36.0 Å². The van der Waals surface area contributed by atoms with Gasteiger partial charge in [0.25, 0.3) is 0 Å². The summed E-state index contributed by atoms with van der Waals surface area (Å²) in [5.41, 5.74) is 2.54. The first kappa shape index (κ1) is 12.9. The predicted molar refractivity (Wildman–Crippen MR) is 75.8 cm³/mol. The first-order valence-corrected chi connectivity index (χ1v) is 6.54. The van der Waals surface area contributed by atoms with Crippen LogP contribution >= 0.6 is 0 Å². The largest absolute Gasteiger partial charge is 0.350 e. The summed E-state index contributed by atoms with van der Waals surface area (Å²) in [5, 5.41) is 1.28. The zero-order valence-electron chi connectivity index (χ0n) is 11.6. The van der Waals surface area contributed by atoms with Crippen molar-refractivity contribution in [1.29, 1.82) is 0 Å². The lowest BCUT2D eigenvalue weighted by molar-refractivity contribution is -0.117. The molecule has 1 aromatic carbocycles. The number of aromatic nitrogens is 1. The Bertz CT molecular complexity index is 565. The van der Waals surface area contributed by atoms with Crippen molar-refractivity contribution in [1.82, 2.24) is 4.57 Å². The van der Waals surface area contributed by atoms with Crippen LogP contribution in [0.4, 0.5) is 0 Å². The molecule has 0 aliphatic rings. The molecule has 0 bridgehead atoms. The minimum atomic E-state index is 0.265. The molecule has 0 spiro atoms. The average molecular weight is 243 g/mol. The average Bonchev–Trinajstić information content (AvgIpc) is 2.64. The van der Waals surface area contributed by atoms with Crippen molar-refractivity contribution in [3.8, 4) is 0 Å². The SMILES string of the molecule is CC(=O)CC(c1cn(C)c2ccccc12)C(C)C. The maximum atomic E-state index is 11.5. The van der Waals surface area contributed by atoms with Crippen molar-refractivity contribution in [2.75, 3.05) is 0 Å². The highest BCUT2D eigenvalue weighted by atomic mass is 16.1. The van der Waals surface area contributed by atoms with Gasteiger partial charge in [0.05, 0.1) is 0 Å². The number of rotatable bonds is 4. The van der Waals surface area contributed by atoms with Gasteiger partial charge in [-0.2, -0.15) is 0 Å². The number of fused-ring (bicyclic) bond motifs is 1. The number of hydrogen-bond donors (Lipinski definition) is 0. The van der Waals surface area contributed by atoms with E-state index in [-0.39, 0.29) is 5.78 Å². The molecule has 1 atom stereocenters. The molecule has 0 saturated heterocycles. The molecule has 0 N–H and O–H groups in total. The summed E-state index contributed by atoms with van der Waals surface area (Å²) in [6, 6.07) is 8.41. The molecule has 0 amide bonds. The zero-order valence-corrected chi connectivity index (χ0v) is 11.6. The van der Waals surface area contributed by atoms with Crippen LogP contribution in [0.2, 0.25) is 0 Å². The van der Waals surface area contributed by atoms with Crippen LogP contribution < -0.4 is 0 Å². The van der Waals surface area contributed by atoms with Gasteiger partial charge in [-0.25, -0.2) is 0 Å². The smallest absolute Gasteiger partial charge is 0.130 e. The van der Waals surface area contributed by atoms with Crippen LogP contribution in [-0.4, -0.2) is 10.4 Å². The molecule has 0 aliphatic heterocycles. The summed E-state index contributed by atoms with van der Waals surface area (Å²) in [5.74, 6) is 1.05. The quantitative estimate of drug-likeness (QED) is 0.798. The molecule has 2 rings (SSSR count). The number of ketones is 1. The lowest BCUT2D eigenvalue weighted by Gasteiger charge is -2.19. The molecule has 96 valence electrons. The van der Waals surface area contributed by atoms with Crippen LogP contribution in [0.5, 0.6) is 0 Å². The van der Waals surface area contributed by atoms with E-state index >= 15 is 0 Å². The summed E-state index contributed by atoms with van der Waals surface area (Å²) >= 11 is 0. The van der Waals surface area contributed by atoms with Gasteiger partial charge in [0, 0.05) is 30.6 Å². The van der Waals surface area contributed by atoms with E-state index in [1.807, 2.05) is 0 Å². The number of Topliss-reactive ketones (excluding diaryl/α,β-unsaturated/α-hetero) is 1. The molecular formula is C16H21NO. The van der Waals surface area contributed by atoms with Gasteiger partial charge in [-0.15, -0.1) is 0 Å². The van der Waals surface area contributed by atoms with Crippen molar-refractivity contribution >= 4 is 16.7 Å². The maximum Gasteiger partial charge on any atom is 0.130 e. The fourth-order valence-electron chi connectivity index (χ4n) is 2.68. The van der Waals surface area contributed by atoms with Crippen LogP contribution in [0.3, 0.4) is 0 Å². The number of carbonyl (C=O) groups is 1. The van der Waals surface area contributed by atoms with E-state index in [1.165, 1.54) is 16.5 Å². The topological polar surface area (TPSA) is 22.0 Å².